The molecular weight excluding hydrogens is 400 g/mol. The molecule has 0 spiro atoms. The number of fused-ring (bicyclic) bond motifs is 1. The normalized spacial score (nSPS) is 23.9. The van der Waals surface area contributed by atoms with Crippen LogP contribution in [0.4, 0.5) is 8.78 Å². The molecule has 1 fully saturated rings. The highest BCUT2D eigenvalue weighted by atomic mass is 32.2. The molecular formula is C21H23F2NO4S. The van der Waals surface area contributed by atoms with Crippen LogP contribution in [-0.4, -0.2) is 27.0 Å². The fraction of sp³-hybridized carbons (Fsp3) is 0.429. The van der Waals surface area contributed by atoms with Gasteiger partial charge in [0, 0.05) is 23.9 Å². The van der Waals surface area contributed by atoms with Gasteiger partial charge in [-0.3, -0.25) is 0 Å². The number of benzene rings is 2. The zero-order valence-corrected chi connectivity index (χ0v) is 17.0. The number of para-hydroxylation sites is 1. The van der Waals surface area contributed by atoms with Gasteiger partial charge in [-0.25, -0.2) is 8.42 Å². The van der Waals surface area contributed by atoms with E-state index in [9.17, 15) is 17.2 Å². The largest absolute Gasteiger partial charge is 0.586 e. The van der Waals surface area contributed by atoms with Crippen LogP contribution in [0.25, 0.3) is 0 Å². The minimum absolute atomic E-state index is 0.0522. The number of alkyl halides is 2. The molecule has 0 saturated heterocycles. The zero-order valence-electron chi connectivity index (χ0n) is 16.2. The highest BCUT2D eigenvalue weighted by Gasteiger charge is 2.45. The summed E-state index contributed by atoms with van der Waals surface area (Å²) in [6.07, 6.45) is 0.391. The summed E-state index contributed by atoms with van der Waals surface area (Å²) in [5.41, 5.74) is 1.76. The first-order chi connectivity index (χ1) is 13.6. The fourth-order valence-corrected chi connectivity index (χ4v) is 4.83. The van der Waals surface area contributed by atoms with Gasteiger partial charge in [-0.05, 0) is 55.9 Å². The second kappa shape index (κ2) is 7.25. The maximum atomic E-state index is 13.4. The van der Waals surface area contributed by atoms with Gasteiger partial charge < -0.3 is 14.8 Å². The number of rotatable bonds is 5. The molecule has 8 heteroatoms. The number of halogens is 2. The van der Waals surface area contributed by atoms with Crippen molar-refractivity contribution in [2.75, 3.05) is 6.26 Å². The average Bonchev–Trinajstić information content (AvgIpc) is 3.23. The van der Waals surface area contributed by atoms with E-state index < -0.39 is 16.1 Å². The molecule has 3 unspecified atom stereocenters. The van der Waals surface area contributed by atoms with E-state index in [2.05, 4.69) is 10.1 Å². The molecule has 2 aromatic rings. The molecule has 0 amide bonds. The smallest absolute Gasteiger partial charge is 0.395 e. The molecule has 29 heavy (non-hydrogen) atoms. The van der Waals surface area contributed by atoms with Gasteiger partial charge in [0.15, 0.2) is 21.3 Å². The van der Waals surface area contributed by atoms with Crippen molar-refractivity contribution in [2.45, 2.75) is 55.4 Å². The van der Waals surface area contributed by atoms with Gasteiger partial charge in [-0.1, -0.05) is 24.3 Å². The molecule has 1 aliphatic heterocycles. The van der Waals surface area contributed by atoms with E-state index >= 15 is 0 Å². The monoisotopic (exact) mass is 423 g/mol. The van der Waals surface area contributed by atoms with Gasteiger partial charge in [0.25, 0.3) is 0 Å². The summed E-state index contributed by atoms with van der Waals surface area (Å²) < 4.78 is 59.3. The molecule has 156 valence electrons. The van der Waals surface area contributed by atoms with Crippen LogP contribution in [0, 0.1) is 0 Å². The van der Waals surface area contributed by atoms with Crippen molar-refractivity contribution >= 4 is 9.84 Å². The maximum Gasteiger partial charge on any atom is 0.586 e. The molecule has 5 nitrogen and oxygen atoms in total. The predicted octanol–water partition coefficient (Wildman–Crippen LogP) is 4.40. The molecule has 4 rings (SSSR count). The molecule has 1 heterocycles. The van der Waals surface area contributed by atoms with Gasteiger partial charge >= 0.3 is 6.29 Å². The van der Waals surface area contributed by atoms with Crippen LogP contribution < -0.4 is 14.8 Å². The van der Waals surface area contributed by atoms with Crippen molar-refractivity contribution in [1.29, 1.82) is 0 Å². The van der Waals surface area contributed by atoms with Crippen LogP contribution in [0.1, 0.15) is 49.3 Å². The first-order valence-electron chi connectivity index (χ1n) is 9.57. The Hall–Kier alpha value is -2.19. The number of sulfone groups is 1. The van der Waals surface area contributed by atoms with Crippen molar-refractivity contribution in [3.05, 3.63) is 53.6 Å². The van der Waals surface area contributed by atoms with E-state index in [-0.39, 0.29) is 23.6 Å². The molecule has 2 aromatic carbocycles. The summed E-state index contributed by atoms with van der Waals surface area (Å²) in [4.78, 5) is 0.319. The molecule has 0 bridgehead atoms. The average molecular weight is 423 g/mol. The fourth-order valence-electron chi connectivity index (χ4n) is 4.20. The third kappa shape index (κ3) is 4.23. The summed E-state index contributed by atoms with van der Waals surface area (Å²) >= 11 is 0. The number of ether oxygens (including phenoxy) is 2. The Balaban J connectivity index is 1.42. The summed E-state index contributed by atoms with van der Waals surface area (Å²) in [6, 6.07) is 12.0. The third-order valence-corrected chi connectivity index (χ3v) is 6.75. The van der Waals surface area contributed by atoms with Gasteiger partial charge in [0.05, 0.1) is 4.90 Å². The van der Waals surface area contributed by atoms with E-state index in [1.165, 1.54) is 12.3 Å². The lowest BCUT2D eigenvalue weighted by Gasteiger charge is -2.21. The lowest BCUT2D eigenvalue weighted by atomic mass is 9.97. The SMILES string of the molecule is CC(NC1CCC(c2ccc(S(C)(=O)=O)cc2)C1)c1cccc2c1OC(F)(F)O2. The summed E-state index contributed by atoms with van der Waals surface area (Å²) in [5.74, 6) is 0.471. The van der Waals surface area contributed by atoms with E-state index in [0.29, 0.717) is 16.4 Å². The Morgan fingerprint density at radius 1 is 1.10 bits per heavy atom. The van der Waals surface area contributed by atoms with Crippen molar-refractivity contribution in [3.63, 3.8) is 0 Å². The van der Waals surface area contributed by atoms with Crippen LogP contribution in [-0.2, 0) is 9.84 Å². The topological polar surface area (TPSA) is 64.6 Å². The standard InChI is InChI=1S/C21H23F2NO4S/c1-13(18-4-3-5-19-20(18)28-21(22,23)27-19)24-16-9-6-15(12-16)14-7-10-17(11-8-14)29(2,25)26/h3-5,7-8,10-11,13,15-16,24H,6,9,12H2,1-2H3. The minimum Gasteiger partial charge on any atom is -0.395 e. The molecule has 2 aliphatic rings. The zero-order chi connectivity index (χ0) is 20.8. The number of hydrogen-bond acceptors (Lipinski definition) is 5. The van der Waals surface area contributed by atoms with Crippen molar-refractivity contribution < 1.29 is 26.7 Å². The van der Waals surface area contributed by atoms with Crippen molar-refractivity contribution in [3.8, 4) is 11.5 Å². The van der Waals surface area contributed by atoms with Gasteiger partial charge in [0.2, 0.25) is 0 Å². The Kier molecular flexibility index (Phi) is 5.02. The van der Waals surface area contributed by atoms with Gasteiger partial charge in [0.1, 0.15) is 0 Å². The molecule has 0 aromatic heterocycles. The Morgan fingerprint density at radius 2 is 1.83 bits per heavy atom. The van der Waals surface area contributed by atoms with Crippen LogP contribution in [0.3, 0.4) is 0 Å². The molecule has 1 aliphatic carbocycles. The van der Waals surface area contributed by atoms with E-state index in [1.54, 1.807) is 24.3 Å². The highest BCUT2D eigenvalue weighted by molar-refractivity contribution is 7.90. The molecule has 3 atom stereocenters. The van der Waals surface area contributed by atoms with Crippen LogP contribution in [0.5, 0.6) is 11.5 Å². The van der Waals surface area contributed by atoms with E-state index in [1.807, 2.05) is 19.1 Å². The lowest BCUT2D eigenvalue weighted by molar-refractivity contribution is -0.287. The van der Waals surface area contributed by atoms with Crippen LogP contribution >= 0.6 is 0 Å². The van der Waals surface area contributed by atoms with Crippen LogP contribution in [0.2, 0.25) is 0 Å². The first kappa shape index (κ1) is 20.1. The highest BCUT2D eigenvalue weighted by Crippen LogP contribution is 2.45. The molecule has 0 radical (unpaired) electrons. The van der Waals surface area contributed by atoms with Crippen molar-refractivity contribution in [2.24, 2.45) is 0 Å². The first-order valence-corrected chi connectivity index (χ1v) is 11.5. The quantitative estimate of drug-likeness (QED) is 0.772. The van der Waals surface area contributed by atoms with E-state index in [4.69, 9.17) is 4.74 Å². The summed E-state index contributed by atoms with van der Waals surface area (Å²) in [6.45, 7) is 1.92. The predicted molar refractivity (Wildman–Crippen MR) is 104 cm³/mol. The number of nitrogens with one attached hydrogen (secondary N) is 1. The van der Waals surface area contributed by atoms with Gasteiger partial charge in [-0.15, -0.1) is 8.78 Å². The second-order valence-corrected chi connectivity index (χ2v) is 9.79. The summed E-state index contributed by atoms with van der Waals surface area (Å²) in [7, 11) is -3.20. The van der Waals surface area contributed by atoms with Gasteiger partial charge in [-0.2, -0.15) is 0 Å². The Morgan fingerprint density at radius 3 is 2.52 bits per heavy atom. The second-order valence-electron chi connectivity index (χ2n) is 7.78. The Labute approximate surface area is 168 Å². The third-order valence-electron chi connectivity index (χ3n) is 5.62. The van der Waals surface area contributed by atoms with E-state index in [0.717, 1.165) is 24.8 Å². The molecule has 1 saturated carbocycles. The summed E-state index contributed by atoms with van der Waals surface area (Å²) in [5, 5.41) is 3.51. The minimum atomic E-state index is -3.63. The molecule has 1 N–H and O–H groups in total. The Bertz CT molecular complexity index is 1010. The maximum absolute atomic E-state index is 13.4. The lowest BCUT2D eigenvalue weighted by Crippen LogP contribution is -2.30. The number of hydrogen-bond donors (Lipinski definition) is 1. The van der Waals surface area contributed by atoms with Crippen LogP contribution in [0.15, 0.2) is 47.4 Å². The van der Waals surface area contributed by atoms with Crippen molar-refractivity contribution in [1.82, 2.24) is 5.32 Å².